The Morgan fingerprint density at radius 2 is 0.788 bits per heavy atom. The maximum absolute atomic E-state index is 2.56. The second-order valence-electron chi connectivity index (χ2n) is 11.1. The van der Waals surface area contributed by atoms with Crippen molar-refractivity contribution in [2.75, 3.05) is 0 Å². The Hall–Kier alpha value is -3.12. The number of allylic oxidation sites excluding steroid dienone is 12. The predicted molar refractivity (Wildman–Crippen MR) is 132 cm³/mol. The second-order valence-corrected chi connectivity index (χ2v) is 11.1. The highest BCUT2D eigenvalue weighted by atomic mass is 14.7. The molecule has 2 saturated carbocycles. The van der Waals surface area contributed by atoms with Gasteiger partial charge in [-0.05, 0) is 68.9 Å². The van der Waals surface area contributed by atoms with Crippen molar-refractivity contribution in [3.05, 3.63) is 143 Å². The first-order chi connectivity index (χ1) is 16.4. The molecule has 0 aromatic heterocycles. The molecule has 0 heterocycles. The molecular formula is C33H26. The number of hydrogen-bond acceptors (Lipinski definition) is 0. The van der Waals surface area contributed by atoms with Crippen molar-refractivity contribution >= 4 is 0 Å². The molecule has 11 rings (SSSR count). The molecule has 0 nitrogen and oxygen atoms in total. The first-order valence-corrected chi connectivity index (χ1v) is 12.7. The molecule has 4 atom stereocenters. The van der Waals surface area contributed by atoms with Gasteiger partial charge >= 0.3 is 0 Å². The Balaban J connectivity index is 1.46. The molecule has 0 radical (unpaired) electrons. The van der Waals surface area contributed by atoms with E-state index in [2.05, 4.69) is 109 Å². The molecule has 2 fully saturated rings. The quantitative estimate of drug-likeness (QED) is 0.466. The van der Waals surface area contributed by atoms with Gasteiger partial charge in [-0.1, -0.05) is 109 Å². The van der Waals surface area contributed by atoms with E-state index in [-0.39, 0.29) is 5.41 Å². The third-order valence-corrected chi connectivity index (χ3v) is 9.85. The molecular weight excluding hydrogens is 396 g/mol. The van der Waals surface area contributed by atoms with Gasteiger partial charge in [0.25, 0.3) is 0 Å². The van der Waals surface area contributed by atoms with Gasteiger partial charge in [0, 0.05) is 11.8 Å². The monoisotopic (exact) mass is 422 g/mol. The summed E-state index contributed by atoms with van der Waals surface area (Å²) in [6.07, 6.45) is 20.4. The van der Waals surface area contributed by atoms with Gasteiger partial charge in [-0.3, -0.25) is 0 Å². The zero-order chi connectivity index (χ0) is 21.3. The minimum Gasteiger partial charge on any atom is -0.0833 e. The third kappa shape index (κ3) is 1.90. The summed E-state index contributed by atoms with van der Waals surface area (Å²) in [5.41, 5.74) is 9.61. The van der Waals surface area contributed by atoms with Gasteiger partial charge < -0.3 is 0 Å². The van der Waals surface area contributed by atoms with E-state index in [0.29, 0.717) is 47.3 Å². The van der Waals surface area contributed by atoms with Crippen molar-refractivity contribution in [2.24, 2.45) is 47.3 Å². The van der Waals surface area contributed by atoms with E-state index >= 15 is 0 Å². The highest BCUT2D eigenvalue weighted by molar-refractivity contribution is 5.76. The second kappa shape index (κ2) is 5.68. The predicted octanol–water partition coefficient (Wildman–Crippen LogP) is 6.82. The van der Waals surface area contributed by atoms with Crippen molar-refractivity contribution in [1.29, 1.82) is 0 Å². The lowest BCUT2D eigenvalue weighted by atomic mass is 9.60. The summed E-state index contributed by atoms with van der Waals surface area (Å²) in [5.74, 6) is 4.94. The summed E-state index contributed by atoms with van der Waals surface area (Å²) < 4.78 is 0. The molecule has 0 amide bonds. The topological polar surface area (TPSA) is 0 Å². The summed E-state index contributed by atoms with van der Waals surface area (Å²) in [6, 6.07) is 22.9. The Kier molecular flexibility index (Phi) is 2.99. The van der Waals surface area contributed by atoms with E-state index in [4.69, 9.17) is 0 Å². The molecule has 0 N–H and O–H groups in total. The van der Waals surface area contributed by atoms with Crippen LogP contribution in [0.3, 0.4) is 0 Å². The molecule has 9 aliphatic carbocycles. The van der Waals surface area contributed by atoms with Crippen LogP contribution in [0.4, 0.5) is 0 Å². The average Bonchev–Trinajstić information content (AvgIpc) is 3.73. The molecule has 0 aliphatic heterocycles. The smallest absolute Gasteiger partial charge is 0.0650 e. The fourth-order valence-corrected chi connectivity index (χ4v) is 8.57. The fraction of sp³-hybridized carbons (Fsp3) is 0.273. The Morgan fingerprint density at radius 1 is 0.424 bits per heavy atom. The normalized spacial score (nSPS) is 40.8. The lowest BCUT2D eigenvalue weighted by Crippen LogP contribution is -2.35. The largest absolute Gasteiger partial charge is 0.0833 e. The van der Waals surface area contributed by atoms with Crippen molar-refractivity contribution in [3.8, 4) is 0 Å². The van der Waals surface area contributed by atoms with Gasteiger partial charge in [0.2, 0.25) is 0 Å². The molecule has 8 bridgehead atoms. The van der Waals surface area contributed by atoms with Gasteiger partial charge in [0.15, 0.2) is 0 Å². The zero-order valence-electron chi connectivity index (χ0n) is 18.5. The Bertz CT molecular complexity index is 1240. The first-order valence-electron chi connectivity index (χ1n) is 12.7. The van der Waals surface area contributed by atoms with Crippen LogP contribution in [0.1, 0.15) is 11.1 Å². The van der Waals surface area contributed by atoms with Crippen LogP contribution in [-0.2, 0) is 5.41 Å². The minimum absolute atomic E-state index is 0.190. The molecule has 158 valence electrons. The van der Waals surface area contributed by atoms with Crippen molar-refractivity contribution in [3.63, 3.8) is 0 Å². The summed E-state index contributed by atoms with van der Waals surface area (Å²) >= 11 is 0. The van der Waals surface area contributed by atoms with Crippen molar-refractivity contribution in [2.45, 2.75) is 5.41 Å². The van der Waals surface area contributed by atoms with Gasteiger partial charge in [0.1, 0.15) is 0 Å². The average molecular weight is 423 g/mol. The number of rotatable bonds is 2. The maximum atomic E-state index is 2.56. The van der Waals surface area contributed by atoms with Crippen LogP contribution in [0.15, 0.2) is 132 Å². The zero-order valence-corrected chi connectivity index (χ0v) is 18.5. The van der Waals surface area contributed by atoms with E-state index in [1.807, 2.05) is 0 Å². The summed E-state index contributed by atoms with van der Waals surface area (Å²) in [4.78, 5) is 0. The fourth-order valence-electron chi connectivity index (χ4n) is 8.57. The van der Waals surface area contributed by atoms with Crippen LogP contribution in [0, 0.1) is 47.3 Å². The van der Waals surface area contributed by atoms with E-state index in [1.54, 1.807) is 22.3 Å². The summed E-state index contributed by atoms with van der Waals surface area (Å²) in [5, 5.41) is 0. The number of hydrogen-bond donors (Lipinski definition) is 0. The molecule has 0 heteroatoms. The molecule has 2 aromatic carbocycles. The van der Waals surface area contributed by atoms with Crippen LogP contribution >= 0.6 is 0 Å². The van der Waals surface area contributed by atoms with Gasteiger partial charge in [-0.15, -0.1) is 0 Å². The van der Waals surface area contributed by atoms with E-state index in [0.717, 1.165) is 0 Å². The van der Waals surface area contributed by atoms with Crippen LogP contribution in [-0.4, -0.2) is 0 Å². The lowest BCUT2D eigenvalue weighted by molar-refractivity contribution is 0.621. The SMILES string of the molecule is C1=CC2C3C=CC1C1=C(C4=C(C5C=CC6C(C=C5)C46)C1(c1ccccc1)c1ccccc1)C23. The maximum Gasteiger partial charge on any atom is 0.0650 e. The third-order valence-electron chi connectivity index (χ3n) is 9.85. The molecule has 2 aromatic rings. The summed E-state index contributed by atoms with van der Waals surface area (Å²) in [6.45, 7) is 0. The van der Waals surface area contributed by atoms with Gasteiger partial charge in [-0.2, -0.15) is 0 Å². The van der Waals surface area contributed by atoms with Crippen LogP contribution in [0.2, 0.25) is 0 Å². The number of benzene rings is 2. The molecule has 4 unspecified atom stereocenters. The first kappa shape index (κ1) is 17.4. The van der Waals surface area contributed by atoms with E-state index in [1.165, 1.54) is 11.1 Å². The summed E-state index contributed by atoms with van der Waals surface area (Å²) in [7, 11) is 0. The van der Waals surface area contributed by atoms with E-state index < -0.39 is 0 Å². The molecule has 33 heavy (non-hydrogen) atoms. The minimum atomic E-state index is -0.190. The molecule has 9 aliphatic rings. The van der Waals surface area contributed by atoms with Crippen molar-refractivity contribution < 1.29 is 0 Å². The Morgan fingerprint density at radius 3 is 1.15 bits per heavy atom. The van der Waals surface area contributed by atoms with Gasteiger partial charge in [-0.25, -0.2) is 0 Å². The van der Waals surface area contributed by atoms with Crippen LogP contribution in [0.25, 0.3) is 0 Å². The van der Waals surface area contributed by atoms with E-state index in [9.17, 15) is 0 Å². The van der Waals surface area contributed by atoms with Gasteiger partial charge in [0.05, 0.1) is 5.41 Å². The Labute approximate surface area is 195 Å². The van der Waals surface area contributed by atoms with Crippen LogP contribution < -0.4 is 0 Å². The lowest BCUT2D eigenvalue weighted by Gasteiger charge is -2.41. The highest BCUT2D eigenvalue weighted by Gasteiger charge is 2.66. The molecule has 0 saturated heterocycles. The van der Waals surface area contributed by atoms with Crippen molar-refractivity contribution in [1.82, 2.24) is 0 Å². The standard InChI is InChI=1S/C33H26/c1-3-7-21(8-4-1)33(22-9-5-2-6-10-22)31-19-11-15-23-24(16-12-19)27(23)29(31)30-28-25-17-13-20(32(30)33)14-18-26(25)28/h1-20,23-28H. The molecule has 0 spiro atoms. The van der Waals surface area contributed by atoms with Crippen LogP contribution in [0.5, 0.6) is 0 Å². The highest BCUT2D eigenvalue weighted by Crippen LogP contribution is 2.74.